The largest absolute Gasteiger partial charge is 0.229 e. The average molecular weight is 227 g/mol. The lowest BCUT2D eigenvalue weighted by atomic mass is 9.82. The Hall–Kier alpha value is 0.240. The van der Waals surface area contributed by atoms with E-state index in [0.717, 1.165) is 12.8 Å². The van der Waals surface area contributed by atoms with E-state index in [4.69, 9.17) is 11.6 Å². The fourth-order valence-electron chi connectivity index (χ4n) is 1.26. The Kier molecular flexibility index (Phi) is 5.30. The summed E-state index contributed by atoms with van der Waals surface area (Å²) in [6.45, 7) is 4.13. The van der Waals surface area contributed by atoms with Crippen molar-refractivity contribution in [3.05, 3.63) is 0 Å². The van der Waals surface area contributed by atoms with Gasteiger partial charge < -0.3 is 0 Å². The first-order valence-corrected chi connectivity index (χ1v) is 7.22. The highest BCUT2D eigenvalue weighted by molar-refractivity contribution is 7.90. The lowest BCUT2D eigenvalue weighted by Crippen LogP contribution is -2.24. The van der Waals surface area contributed by atoms with Gasteiger partial charge in [0.2, 0.25) is 0 Å². The van der Waals surface area contributed by atoms with Gasteiger partial charge in [-0.25, -0.2) is 8.42 Å². The average Bonchev–Trinajstić information content (AvgIpc) is 2.06. The van der Waals surface area contributed by atoms with Crippen molar-refractivity contribution in [3.8, 4) is 0 Å². The first-order chi connectivity index (χ1) is 5.89. The predicted octanol–water partition coefficient (Wildman–Crippen LogP) is 2.47. The fourth-order valence-corrected chi connectivity index (χ4v) is 2.58. The van der Waals surface area contributed by atoms with Crippen molar-refractivity contribution in [1.82, 2.24) is 0 Å². The molecule has 0 aromatic carbocycles. The van der Waals surface area contributed by atoms with Crippen molar-refractivity contribution in [2.24, 2.45) is 5.41 Å². The van der Waals surface area contributed by atoms with Crippen LogP contribution in [0.25, 0.3) is 0 Å². The monoisotopic (exact) mass is 226 g/mol. The standard InChI is InChI=1S/C9H19ClO2S/c1-4-9(5-2,8-10)6-7-13(3,11)12/h4-8H2,1-3H3. The summed E-state index contributed by atoms with van der Waals surface area (Å²) >= 11 is 5.86. The Morgan fingerprint density at radius 2 is 1.69 bits per heavy atom. The molecule has 0 aliphatic rings. The Morgan fingerprint density at radius 1 is 1.23 bits per heavy atom. The van der Waals surface area contributed by atoms with E-state index in [1.165, 1.54) is 6.26 Å². The molecule has 0 saturated heterocycles. The number of hydrogen-bond donors (Lipinski definition) is 0. The second-order valence-electron chi connectivity index (χ2n) is 3.72. The molecular weight excluding hydrogens is 208 g/mol. The minimum Gasteiger partial charge on any atom is -0.229 e. The molecule has 0 rings (SSSR count). The van der Waals surface area contributed by atoms with Crippen LogP contribution in [0, 0.1) is 5.41 Å². The predicted molar refractivity (Wildman–Crippen MR) is 58.1 cm³/mol. The minimum absolute atomic E-state index is 0.0185. The van der Waals surface area contributed by atoms with Gasteiger partial charge in [0.25, 0.3) is 0 Å². The maximum atomic E-state index is 11.0. The van der Waals surface area contributed by atoms with Crippen molar-refractivity contribution in [2.45, 2.75) is 33.1 Å². The molecule has 0 N–H and O–H groups in total. The van der Waals surface area contributed by atoms with Gasteiger partial charge in [-0.05, 0) is 24.7 Å². The zero-order valence-corrected chi connectivity index (χ0v) is 10.2. The van der Waals surface area contributed by atoms with Crippen LogP contribution in [-0.2, 0) is 9.84 Å². The third-order valence-corrected chi connectivity index (χ3v) is 4.30. The molecule has 0 saturated carbocycles. The summed E-state index contributed by atoms with van der Waals surface area (Å²) in [4.78, 5) is 0. The number of alkyl halides is 1. The summed E-state index contributed by atoms with van der Waals surface area (Å²) in [5, 5.41) is 0. The van der Waals surface area contributed by atoms with Gasteiger partial charge in [0, 0.05) is 12.1 Å². The van der Waals surface area contributed by atoms with Crippen molar-refractivity contribution in [3.63, 3.8) is 0 Å². The lowest BCUT2D eigenvalue weighted by molar-refractivity contribution is 0.293. The zero-order chi connectivity index (χ0) is 10.5. The molecule has 0 bridgehead atoms. The van der Waals surface area contributed by atoms with Gasteiger partial charge >= 0.3 is 0 Å². The number of hydrogen-bond acceptors (Lipinski definition) is 2. The van der Waals surface area contributed by atoms with E-state index in [2.05, 4.69) is 13.8 Å². The molecule has 0 aliphatic carbocycles. The third-order valence-electron chi connectivity index (χ3n) is 2.79. The Labute approximate surface area is 86.6 Å². The van der Waals surface area contributed by atoms with Gasteiger partial charge in [0.1, 0.15) is 9.84 Å². The summed E-state index contributed by atoms with van der Waals surface area (Å²) in [6, 6.07) is 0. The molecule has 0 fully saturated rings. The molecule has 13 heavy (non-hydrogen) atoms. The normalized spacial score (nSPS) is 13.2. The van der Waals surface area contributed by atoms with Gasteiger partial charge in [-0.1, -0.05) is 13.8 Å². The molecule has 2 nitrogen and oxygen atoms in total. The smallest absolute Gasteiger partial charge is 0.147 e. The van der Waals surface area contributed by atoms with Crippen molar-refractivity contribution >= 4 is 21.4 Å². The van der Waals surface area contributed by atoms with Gasteiger partial charge in [-0.2, -0.15) is 0 Å². The second kappa shape index (κ2) is 5.20. The van der Waals surface area contributed by atoms with Crippen LogP contribution in [0.1, 0.15) is 33.1 Å². The van der Waals surface area contributed by atoms with Crippen LogP contribution in [-0.4, -0.2) is 26.3 Å². The van der Waals surface area contributed by atoms with Crippen LogP contribution in [0.5, 0.6) is 0 Å². The van der Waals surface area contributed by atoms with Crippen LogP contribution in [0.15, 0.2) is 0 Å². The summed E-state index contributed by atoms with van der Waals surface area (Å²) in [7, 11) is -2.85. The number of sulfone groups is 1. The number of rotatable bonds is 6. The van der Waals surface area contributed by atoms with Crippen molar-refractivity contribution < 1.29 is 8.42 Å². The highest BCUT2D eigenvalue weighted by Gasteiger charge is 2.26. The van der Waals surface area contributed by atoms with E-state index < -0.39 is 9.84 Å². The van der Waals surface area contributed by atoms with Crippen molar-refractivity contribution in [2.75, 3.05) is 17.9 Å². The lowest BCUT2D eigenvalue weighted by Gasteiger charge is -2.28. The zero-order valence-electron chi connectivity index (χ0n) is 8.64. The Bertz CT molecular complexity index is 222. The molecule has 0 spiro atoms. The quantitative estimate of drug-likeness (QED) is 0.652. The van der Waals surface area contributed by atoms with E-state index in [1.54, 1.807) is 0 Å². The first-order valence-electron chi connectivity index (χ1n) is 4.63. The molecule has 0 radical (unpaired) electrons. The maximum Gasteiger partial charge on any atom is 0.147 e. The molecule has 0 heterocycles. The molecule has 80 valence electrons. The molecule has 0 aromatic heterocycles. The molecule has 0 aliphatic heterocycles. The number of halogens is 1. The summed E-state index contributed by atoms with van der Waals surface area (Å²) in [5.74, 6) is 0.803. The SMILES string of the molecule is CCC(CC)(CCl)CCS(C)(=O)=O. The minimum atomic E-state index is -2.85. The van der Waals surface area contributed by atoms with Crippen molar-refractivity contribution in [1.29, 1.82) is 0 Å². The van der Waals surface area contributed by atoms with Gasteiger partial charge in [-0.15, -0.1) is 11.6 Å². The fraction of sp³-hybridized carbons (Fsp3) is 1.00. The van der Waals surface area contributed by atoms with Gasteiger partial charge in [-0.3, -0.25) is 0 Å². The first kappa shape index (κ1) is 13.2. The van der Waals surface area contributed by atoms with E-state index in [-0.39, 0.29) is 11.2 Å². The van der Waals surface area contributed by atoms with Crippen LogP contribution < -0.4 is 0 Å². The highest BCUT2D eigenvalue weighted by atomic mass is 35.5. The molecule has 0 amide bonds. The Morgan fingerprint density at radius 3 is 1.92 bits per heavy atom. The molecular formula is C9H19ClO2S. The van der Waals surface area contributed by atoms with E-state index in [9.17, 15) is 8.42 Å². The molecule has 0 atom stereocenters. The molecule has 0 unspecified atom stereocenters. The van der Waals surface area contributed by atoms with Crippen LogP contribution in [0.4, 0.5) is 0 Å². The summed E-state index contributed by atoms with van der Waals surface area (Å²) in [5.41, 5.74) is 0.0185. The van der Waals surface area contributed by atoms with Gasteiger partial charge in [0.15, 0.2) is 0 Å². The third kappa shape index (κ3) is 4.87. The second-order valence-corrected chi connectivity index (χ2v) is 6.25. The summed E-state index contributed by atoms with van der Waals surface area (Å²) < 4.78 is 22.0. The maximum absolute atomic E-state index is 11.0. The Balaban J connectivity index is 4.27. The van der Waals surface area contributed by atoms with Crippen LogP contribution in [0.2, 0.25) is 0 Å². The highest BCUT2D eigenvalue weighted by Crippen LogP contribution is 2.32. The molecule has 0 aromatic rings. The van der Waals surface area contributed by atoms with E-state index in [0.29, 0.717) is 12.3 Å². The van der Waals surface area contributed by atoms with E-state index >= 15 is 0 Å². The summed E-state index contributed by atoms with van der Waals surface area (Å²) in [6.07, 6.45) is 3.85. The molecule has 4 heteroatoms. The van der Waals surface area contributed by atoms with Crippen LogP contribution >= 0.6 is 11.6 Å². The van der Waals surface area contributed by atoms with E-state index in [1.807, 2.05) is 0 Å². The van der Waals surface area contributed by atoms with Crippen LogP contribution in [0.3, 0.4) is 0 Å². The topological polar surface area (TPSA) is 34.1 Å². The van der Waals surface area contributed by atoms with Gasteiger partial charge in [0.05, 0.1) is 5.75 Å².